The molecular formula is C39H76N2O5. The summed E-state index contributed by atoms with van der Waals surface area (Å²) in [6.45, 7) is 10.0. The van der Waals surface area contributed by atoms with Crippen LogP contribution in [0.5, 0.6) is 0 Å². The molecule has 0 aromatic carbocycles. The van der Waals surface area contributed by atoms with Gasteiger partial charge in [0.25, 0.3) is 0 Å². The summed E-state index contributed by atoms with van der Waals surface area (Å²) in [4.78, 5) is 40.7. The molecule has 0 aliphatic heterocycles. The maximum absolute atomic E-state index is 13.1. The Labute approximate surface area is 285 Å². The van der Waals surface area contributed by atoms with Gasteiger partial charge in [0.05, 0.1) is 31.5 Å². The first-order valence-electron chi connectivity index (χ1n) is 19.7. The number of hydrogen-bond acceptors (Lipinski definition) is 6. The van der Waals surface area contributed by atoms with Gasteiger partial charge in [0.15, 0.2) is 0 Å². The van der Waals surface area contributed by atoms with Crippen LogP contribution in [0.15, 0.2) is 0 Å². The number of carbonyl (C=O) groups excluding carboxylic acids is 3. The van der Waals surface area contributed by atoms with Crippen molar-refractivity contribution >= 4 is 17.8 Å². The summed E-state index contributed by atoms with van der Waals surface area (Å²) in [5.74, 6) is -0.463. The molecule has 272 valence electrons. The van der Waals surface area contributed by atoms with Crippen LogP contribution < -0.4 is 5.32 Å². The van der Waals surface area contributed by atoms with Crippen molar-refractivity contribution in [3.63, 3.8) is 0 Å². The molecule has 0 saturated heterocycles. The number of esters is 2. The highest BCUT2D eigenvalue weighted by Crippen LogP contribution is 2.22. The van der Waals surface area contributed by atoms with Crippen molar-refractivity contribution in [1.82, 2.24) is 10.2 Å². The molecule has 0 aromatic rings. The highest BCUT2D eigenvalue weighted by atomic mass is 16.5. The average molecular weight is 653 g/mol. The van der Waals surface area contributed by atoms with Gasteiger partial charge in [0.1, 0.15) is 13.2 Å². The van der Waals surface area contributed by atoms with Crippen LogP contribution in [0.1, 0.15) is 182 Å². The number of ether oxygens (including phenoxy) is 2. The van der Waals surface area contributed by atoms with Gasteiger partial charge in [-0.05, 0) is 32.7 Å². The lowest BCUT2D eigenvalue weighted by Crippen LogP contribution is -2.42. The number of hydrogen-bond donors (Lipinski definition) is 1. The number of carbonyl (C=O) groups is 3. The van der Waals surface area contributed by atoms with E-state index in [4.69, 9.17) is 9.47 Å². The molecule has 0 spiro atoms. The zero-order valence-electron chi connectivity index (χ0n) is 31.1. The molecule has 0 aliphatic carbocycles. The number of nitrogens with one attached hydrogen (secondary N) is 1. The summed E-state index contributed by atoms with van der Waals surface area (Å²) in [5, 5.41) is 2.93. The molecule has 7 heteroatoms. The average Bonchev–Trinajstić information content (AvgIpc) is 3.05. The number of unbranched alkanes of at least 4 members (excludes halogenated alkanes) is 16. The van der Waals surface area contributed by atoms with Crippen molar-refractivity contribution in [3.05, 3.63) is 0 Å². The monoisotopic (exact) mass is 653 g/mol. The molecule has 0 aliphatic rings. The first-order chi connectivity index (χ1) is 22.4. The second-order valence-electron chi connectivity index (χ2n) is 13.5. The first kappa shape index (κ1) is 44.4. The highest BCUT2D eigenvalue weighted by Gasteiger charge is 2.22. The molecule has 2 unspecified atom stereocenters. The molecule has 46 heavy (non-hydrogen) atoms. The fraction of sp³-hybridized carbons (Fsp3) is 0.923. The van der Waals surface area contributed by atoms with E-state index in [1.807, 2.05) is 0 Å². The molecule has 1 amide bonds. The molecule has 0 fully saturated rings. The summed E-state index contributed by atoms with van der Waals surface area (Å²) < 4.78 is 11.5. The Kier molecular flexibility index (Phi) is 32.1. The minimum atomic E-state index is -0.127. The van der Waals surface area contributed by atoms with E-state index < -0.39 is 0 Å². The topological polar surface area (TPSA) is 84.9 Å². The Morgan fingerprint density at radius 2 is 0.804 bits per heavy atom. The third-order valence-electron chi connectivity index (χ3n) is 9.18. The Hall–Kier alpha value is -1.63. The van der Waals surface area contributed by atoms with E-state index in [0.29, 0.717) is 13.1 Å². The van der Waals surface area contributed by atoms with Crippen molar-refractivity contribution < 1.29 is 23.9 Å². The van der Waals surface area contributed by atoms with Crippen LogP contribution in [0.3, 0.4) is 0 Å². The Morgan fingerprint density at radius 3 is 1.13 bits per heavy atom. The van der Waals surface area contributed by atoms with Crippen molar-refractivity contribution in [1.29, 1.82) is 0 Å². The molecule has 0 rings (SSSR count). The quantitative estimate of drug-likeness (QED) is 0.0550. The molecule has 0 bridgehead atoms. The second-order valence-corrected chi connectivity index (χ2v) is 13.5. The largest absolute Gasteiger partial charge is 0.464 e. The number of likely N-dealkylation sites (N-methyl/N-ethyl adjacent to an activating group) is 1. The summed E-state index contributed by atoms with van der Waals surface area (Å²) in [6.07, 6.45) is 27.2. The van der Waals surface area contributed by atoms with E-state index >= 15 is 0 Å². The van der Waals surface area contributed by atoms with Gasteiger partial charge in [-0.15, -0.1) is 0 Å². The fourth-order valence-corrected chi connectivity index (χ4v) is 6.11. The summed E-state index contributed by atoms with van der Waals surface area (Å²) in [6, 6.07) is 0. The highest BCUT2D eigenvalue weighted by molar-refractivity contribution is 5.78. The lowest BCUT2D eigenvalue weighted by molar-refractivity contribution is -0.152. The van der Waals surface area contributed by atoms with E-state index in [1.165, 1.54) is 89.9 Å². The van der Waals surface area contributed by atoms with Crippen LogP contribution in [0.25, 0.3) is 0 Å². The molecule has 1 N–H and O–H groups in total. The van der Waals surface area contributed by atoms with Crippen molar-refractivity contribution in [2.75, 3.05) is 39.9 Å². The van der Waals surface area contributed by atoms with Gasteiger partial charge in [-0.1, -0.05) is 156 Å². The smallest absolute Gasteiger partial charge is 0.308 e. The lowest BCUT2D eigenvalue weighted by Gasteiger charge is -2.24. The first-order valence-corrected chi connectivity index (χ1v) is 19.7. The van der Waals surface area contributed by atoms with E-state index in [-0.39, 0.29) is 49.4 Å². The Morgan fingerprint density at radius 1 is 0.500 bits per heavy atom. The standard InChI is InChI=1S/C39H76N2O5/c1-6-10-14-18-20-24-28-35(26-22-16-12-8-3)38(43)45-32-30-41(37(42)34-40-5)31-33-46-39(44)36(27-23-17-13-9-4)29-25-21-19-15-11-7-2/h35-36,40H,6-34H2,1-5H3. The van der Waals surface area contributed by atoms with Crippen LogP contribution in [-0.2, 0) is 23.9 Å². The Balaban J connectivity index is 4.93. The number of nitrogens with zero attached hydrogens (tertiary/aromatic N) is 1. The minimum Gasteiger partial charge on any atom is -0.464 e. The normalized spacial score (nSPS) is 12.5. The zero-order valence-corrected chi connectivity index (χ0v) is 31.1. The van der Waals surface area contributed by atoms with E-state index in [1.54, 1.807) is 11.9 Å². The van der Waals surface area contributed by atoms with Crippen molar-refractivity contribution in [2.45, 2.75) is 182 Å². The molecule has 0 heterocycles. The van der Waals surface area contributed by atoms with Crippen LogP contribution >= 0.6 is 0 Å². The lowest BCUT2D eigenvalue weighted by atomic mass is 9.94. The van der Waals surface area contributed by atoms with E-state index in [0.717, 1.165) is 64.2 Å². The van der Waals surface area contributed by atoms with Crippen molar-refractivity contribution in [3.8, 4) is 0 Å². The van der Waals surface area contributed by atoms with Gasteiger partial charge in [-0.2, -0.15) is 0 Å². The van der Waals surface area contributed by atoms with Gasteiger partial charge in [-0.25, -0.2) is 0 Å². The maximum Gasteiger partial charge on any atom is 0.308 e. The predicted octanol–water partition coefficient (Wildman–Crippen LogP) is 9.80. The van der Waals surface area contributed by atoms with Crippen LogP contribution in [-0.4, -0.2) is 62.6 Å². The molecule has 0 radical (unpaired) electrons. The second kappa shape index (κ2) is 33.3. The Bertz CT molecular complexity index is 666. The molecule has 7 nitrogen and oxygen atoms in total. The van der Waals surface area contributed by atoms with Gasteiger partial charge < -0.3 is 19.7 Å². The minimum absolute atomic E-state index is 0.0636. The van der Waals surface area contributed by atoms with E-state index in [9.17, 15) is 14.4 Å². The number of amides is 1. The van der Waals surface area contributed by atoms with Gasteiger partial charge >= 0.3 is 11.9 Å². The molecule has 0 saturated carbocycles. The SMILES string of the molecule is CCCCCCCCC(CCCCCC)C(=O)OCCN(CCOC(=O)C(CCCCCC)CCCCCCCC)C(=O)CNC. The molecular weight excluding hydrogens is 576 g/mol. The summed E-state index contributed by atoms with van der Waals surface area (Å²) >= 11 is 0. The van der Waals surface area contributed by atoms with Crippen LogP contribution in [0.2, 0.25) is 0 Å². The van der Waals surface area contributed by atoms with Gasteiger partial charge in [0, 0.05) is 0 Å². The molecule has 2 atom stereocenters. The third kappa shape index (κ3) is 25.5. The van der Waals surface area contributed by atoms with Gasteiger partial charge in [-0.3, -0.25) is 14.4 Å². The van der Waals surface area contributed by atoms with Gasteiger partial charge in [0.2, 0.25) is 5.91 Å². The van der Waals surface area contributed by atoms with Crippen LogP contribution in [0.4, 0.5) is 0 Å². The summed E-state index contributed by atoms with van der Waals surface area (Å²) in [5.41, 5.74) is 0. The van der Waals surface area contributed by atoms with Crippen LogP contribution in [0, 0.1) is 11.8 Å². The molecule has 0 aromatic heterocycles. The number of rotatable bonds is 34. The third-order valence-corrected chi connectivity index (χ3v) is 9.18. The van der Waals surface area contributed by atoms with Crippen molar-refractivity contribution in [2.24, 2.45) is 11.8 Å². The van der Waals surface area contributed by atoms with E-state index in [2.05, 4.69) is 33.0 Å². The zero-order chi connectivity index (χ0) is 34.1. The predicted molar refractivity (Wildman–Crippen MR) is 193 cm³/mol. The maximum atomic E-state index is 13.1. The summed E-state index contributed by atoms with van der Waals surface area (Å²) in [7, 11) is 1.74. The fourth-order valence-electron chi connectivity index (χ4n) is 6.11.